The van der Waals surface area contributed by atoms with Gasteiger partial charge in [-0.05, 0) is 30.9 Å². The highest BCUT2D eigenvalue weighted by Gasteiger charge is 2.21. The number of nitrogens with zero attached hydrogens (tertiary/aromatic N) is 2. The predicted molar refractivity (Wildman–Crippen MR) is 90.6 cm³/mol. The lowest BCUT2D eigenvalue weighted by Gasteiger charge is -2.30. The molecule has 22 heavy (non-hydrogen) atoms. The van der Waals surface area contributed by atoms with Gasteiger partial charge in [-0.1, -0.05) is 19.1 Å². The van der Waals surface area contributed by atoms with Crippen molar-refractivity contribution in [2.75, 3.05) is 18.8 Å². The van der Waals surface area contributed by atoms with Crippen LogP contribution in [0.2, 0.25) is 0 Å². The summed E-state index contributed by atoms with van der Waals surface area (Å²) in [7, 11) is 0. The molecule has 4 nitrogen and oxygen atoms in total. The first-order chi connectivity index (χ1) is 10.6. The molecule has 1 aliphatic rings. The topological polar surface area (TPSA) is 59.2 Å². The van der Waals surface area contributed by atoms with E-state index in [0.29, 0.717) is 6.42 Å². The summed E-state index contributed by atoms with van der Waals surface area (Å²) in [5.74, 6) is 0.926. The van der Waals surface area contributed by atoms with Crippen LogP contribution in [0.25, 0.3) is 10.6 Å². The van der Waals surface area contributed by atoms with Crippen LogP contribution < -0.4 is 5.73 Å². The number of hydrogen-bond donors (Lipinski definition) is 1. The SMILES string of the molecule is CC1CCN(C(=O)Cc2csc(-c3cccc(N)c3)n2)CC1. The predicted octanol–water partition coefficient (Wildman–Crippen LogP) is 3.19. The van der Waals surface area contributed by atoms with Crippen molar-refractivity contribution in [1.82, 2.24) is 9.88 Å². The van der Waals surface area contributed by atoms with Crippen molar-refractivity contribution in [3.8, 4) is 10.6 Å². The second kappa shape index (κ2) is 6.48. The van der Waals surface area contributed by atoms with Crippen LogP contribution in [0.15, 0.2) is 29.6 Å². The Kier molecular flexibility index (Phi) is 4.43. The summed E-state index contributed by atoms with van der Waals surface area (Å²) in [4.78, 5) is 18.9. The zero-order valence-electron chi connectivity index (χ0n) is 12.8. The lowest BCUT2D eigenvalue weighted by Crippen LogP contribution is -2.38. The van der Waals surface area contributed by atoms with Gasteiger partial charge in [-0.25, -0.2) is 4.98 Å². The molecule has 116 valence electrons. The molecule has 5 heteroatoms. The van der Waals surface area contributed by atoms with E-state index >= 15 is 0 Å². The van der Waals surface area contributed by atoms with Crippen molar-refractivity contribution >= 4 is 22.9 Å². The van der Waals surface area contributed by atoms with Crippen molar-refractivity contribution < 1.29 is 4.79 Å². The van der Waals surface area contributed by atoms with E-state index in [1.807, 2.05) is 34.5 Å². The molecule has 2 aromatic rings. The highest BCUT2D eigenvalue weighted by atomic mass is 32.1. The van der Waals surface area contributed by atoms with Crippen LogP contribution in [-0.2, 0) is 11.2 Å². The molecule has 2 heterocycles. The Morgan fingerprint density at radius 2 is 2.18 bits per heavy atom. The van der Waals surface area contributed by atoms with Gasteiger partial charge < -0.3 is 10.6 Å². The van der Waals surface area contributed by atoms with E-state index in [2.05, 4.69) is 11.9 Å². The molecule has 0 bridgehead atoms. The Bertz CT molecular complexity index is 659. The third-order valence-electron chi connectivity index (χ3n) is 4.15. The minimum absolute atomic E-state index is 0.191. The Balaban J connectivity index is 1.65. The van der Waals surface area contributed by atoms with Crippen LogP contribution in [0.4, 0.5) is 5.69 Å². The second-order valence-corrected chi connectivity index (χ2v) is 6.87. The smallest absolute Gasteiger partial charge is 0.228 e. The van der Waals surface area contributed by atoms with Crippen LogP contribution in [0.1, 0.15) is 25.5 Å². The molecule has 1 amide bonds. The molecule has 0 unspecified atom stereocenters. The average Bonchev–Trinajstić information content (AvgIpc) is 2.96. The Morgan fingerprint density at radius 3 is 2.91 bits per heavy atom. The number of nitrogen functional groups attached to an aromatic ring is 1. The molecule has 1 aromatic heterocycles. The zero-order chi connectivity index (χ0) is 15.5. The number of benzene rings is 1. The van der Waals surface area contributed by atoms with Crippen molar-refractivity contribution in [1.29, 1.82) is 0 Å². The summed E-state index contributed by atoms with van der Waals surface area (Å²) in [6.45, 7) is 4.01. The second-order valence-electron chi connectivity index (χ2n) is 6.01. The molecular weight excluding hydrogens is 294 g/mol. The number of likely N-dealkylation sites (tertiary alicyclic amines) is 1. The average molecular weight is 315 g/mol. The van der Waals surface area contributed by atoms with Gasteiger partial charge in [0.25, 0.3) is 0 Å². The lowest BCUT2D eigenvalue weighted by molar-refractivity contribution is -0.131. The minimum Gasteiger partial charge on any atom is -0.399 e. The maximum atomic E-state index is 12.3. The van der Waals surface area contributed by atoms with E-state index in [1.54, 1.807) is 11.3 Å². The van der Waals surface area contributed by atoms with Gasteiger partial charge in [0.2, 0.25) is 5.91 Å². The molecule has 0 saturated carbocycles. The summed E-state index contributed by atoms with van der Waals surface area (Å²) < 4.78 is 0. The first kappa shape index (κ1) is 15.0. The summed E-state index contributed by atoms with van der Waals surface area (Å²) in [5, 5.41) is 2.89. The van der Waals surface area contributed by atoms with Crippen LogP contribution in [-0.4, -0.2) is 28.9 Å². The number of amides is 1. The Hall–Kier alpha value is -1.88. The number of carbonyl (C=O) groups is 1. The molecule has 3 rings (SSSR count). The zero-order valence-corrected chi connectivity index (χ0v) is 13.6. The minimum atomic E-state index is 0.191. The number of anilines is 1. The highest BCUT2D eigenvalue weighted by molar-refractivity contribution is 7.13. The number of carbonyl (C=O) groups excluding carboxylic acids is 1. The summed E-state index contributed by atoms with van der Waals surface area (Å²) in [6, 6.07) is 7.69. The lowest BCUT2D eigenvalue weighted by atomic mass is 9.99. The molecule has 1 saturated heterocycles. The molecular formula is C17H21N3OS. The molecule has 0 aliphatic carbocycles. The quantitative estimate of drug-likeness (QED) is 0.885. The van der Waals surface area contributed by atoms with E-state index in [1.165, 1.54) is 0 Å². The van der Waals surface area contributed by atoms with Gasteiger partial charge >= 0.3 is 0 Å². The maximum absolute atomic E-state index is 12.3. The fourth-order valence-corrected chi connectivity index (χ4v) is 3.53. The maximum Gasteiger partial charge on any atom is 0.228 e. The van der Waals surface area contributed by atoms with Crippen molar-refractivity contribution in [2.45, 2.75) is 26.2 Å². The van der Waals surface area contributed by atoms with Gasteiger partial charge in [0.05, 0.1) is 12.1 Å². The van der Waals surface area contributed by atoms with Crippen LogP contribution in [0.5, 0.6) is 0 Å². The van der Waals surface area contributed by atoms with Crippen LogP contribution >= 0.6 is 11.3 Å². The number of hydrogen-bond acceptors (Lipinski definition) is 4. The van der Waals surface area contributed by atoms with E-state index < -0.39 is 0 Å². The number of nitrogens with two attached hydrogens (primary N) is 1. The molecule has 1 aromatic carbocycles. The van der Waals surface area contributed by atoms with Gasteiger partial charge in [-0.3, -0.25) is 4.79 Å². The summed E-state index contributed by atoms with van der Waals surface area (Å²) in [5.41, 5.74) is 8.40. The molecule has 0 radical (unpaired) electrons. The molecule has 2 N–H and O–H groups in total. The van der Waals surface area contributed by atoms with E-state index in [-0.39, 0.29) is 5.91 Å². The van der Waals surface area contributed by atoms with Gasteiger partial charge in [0, 0.05) is 29.7 Å². The van der Waals surface area contributed by atoms with E-state index in [9.17, 15) is 4.79 Å². The monoisotopic (exact) mass is 315 g/mol. The van der Waals surface area contributed by atoms with Crippen molar-refractivity contribution in [2.24, 2.45) is 5.92 Å². The van der Waals surface area contributed by atoms with Crippen molar-refractivity contribution in [3.05, 3.63) is 35.3 Å². The largest absolute Gasteiger partial charge is 0.399 e. The summed E-state index contributed by atoms with van der Waals surface area (Å²) >= 11 is 1.56. The van der Waals surface area contributed by atoms with E-state index in [0.717, 1.165) is 53.8 Å². The van der Waals surface area contributed by atoms with Gasteiger partial charge in [-0.2, -0.15) is 0 Å². The fraction of sp³-hybridized carbons (Fsp3) is 0.412. The normalized spacial score (nSPS) is 16.0. The number of piperidine rings is 1. The standard InChI is InChI=1S/C17H21N3OS/c1-12-5-7-20(8-6-12)16(21)10-15-11-22-17(19-15)13-3-2-4-14(18)9-13/h2-4,9,11-12H,5-8,10,18H2,1H3. The molecule has 1 aliphatic heterocycles. The first-order valence-electron chi connectivity index (χ1n) is 7.70. The fourth-order valence-electron chi connectivity index (χ4n) is 2.72. The van der Waals surface area contributed by atoms with Crippen LogP contribution in [0.3, 0.4) is 0 Å². The van der Waals surface area contributed by atoms with Crippen molar-refractivity contribution in [3.63, 3.8) is 0 Å². The number of rotatable bonds is 3. The van der Waals surface area contributed by atoms with E-state index in [4.69, 9.17) is 5.73 Å². The number of aromatic nitrogens is 1. The van der Waals surface area contributed by atoms with Gasteiger partial charge in [-0.15, -0.1) is 11.3 Å². The Labute approximate surface area is 135 Å². The Morgan fingerprint density at radius 1 is 1.41 bits per heavy atom. The third-order valence-corrected chi connectivity index (χ3v) is 5.09. The molecule has 1 fully saturated rings. The molecule has 0 atom stereocenters. The third kappa shape index (κ3) is 3.47. The summed E-state index contributed by atoms with van der Waals surface area (Å²) in [6.07, 6.45) is 2.61. The molecule has 0 spiro atoms. The van der Waals surface area contributed by atoms with Gasteiger partial charge in [0.15, 0.2) is 0 Å². The van der Waals surface area contributed by atoms with Gasteiger partial charge in [0.1, 0.15) is 5.01 Å². The highest BCUT2D eigenvalue weighted by Crippen LogP contribution is 2.26. The number of thiazole rings is 1. The first-order valence-corrected chi connectivity index (χ1v) is 8.58. The van der Waals surface area contributed by atoms with Crippen LogP contribution in [0, 0.1) is 5.92 Å².